The van der Waals surface area contributed by atoms with E-state index < -0.39 is 0 Å². The molecule has 29 heavy (non-hydrogen) atoms. The molecule has 1 atom stereocenters. The molecule has 0 radical (unpaired) electrons. The zero-order chi connectivity index (χ0) is 20.8. The fourth-order valence-electron chi connectivity index (χ4n) is 3.08. The van der Waals surface area contributed by atoms with E-state index in [2.05, 4.69) is 36.6 Å². The Morgan fingerprint density at radius 3 is 2.21 bits per heavy atom. The maximum atomic E-state index is 12.5. The second kappa shape index (κ2) is 9.61. The largest absolute Gasteiger partial charge is 0.340 e. The second-order valence-corrected chi connectivity index (χ2v) is 8.42. The van der Waals surface area contributed by atoms with Crippen LogP contribution in [-0.2, 0) is 9.59 Å². The third kappa shape index (κ3) is 5.84. The highest BCUT2D eigenvalue weighted by atomic mass is 32.2. The highest BCUT2D eigenvalue weighted by Gasteiger charge is 2.16. The molecular weight excluding hydrogens is 380 g/mol. The summed E-state index contributed by atoms with van der Waals surface area (Å²) < 4.78 is 0. The van der Waals surface area contributed by atoms with Crippen LogP contribution >= 0.6 is 11.8 Å². The Morgan fingerprint density at radius 1 is 0.897 bits per heavy atom. The van der Waals surface area contributed by atoms with Gasteiger partial charge >= 0.3 is 0 Å². The summed E-state index contributed by atoms with van der Waals surface area (Å²) in [6.07, 6.45) is 0. The topological polar surface area (TPSA) is 58.2 Å². The third-order valence-corrected chi connectivity index (χ3v) is 5.81. The molecular formula is C24H26N2O2S. The molecule has 4 nitrogen and oxygen atoms in total. The first-order chi connectivity index (χ1) is 13.9. The van der Waals surface area contributed by atoms with Gasteiger partial charge in [-0.1, -0.05) is 68.4 Å². The highest BCUT2D eigenvalue weighted by molar-refractivity contribution is 8.00. The Morgan fingerprint density at radius 2 is 1.55 bits per heavy atom. The number of thioether (sulfide) groups is 1. The second-order valence-electron chi connectivity index (χ2n) is 7.32. The van der Waals surface area contributed by atoms with Crippen molar-refractivity contribution in [3.63, 3.8) is 0 Å². The van der Waals surface area contributed by atoms with Gasteiger partial charge in [-0.2, -0.15) is 0 Å². The maximum Gasteiger partial charge on any atom is 0.234 e. The Kier molecular flexibility index (Phi) is 6.94. The van der Waals surface area contributed by atoms with E-state index in [0.29, 0.717) is 5.92 Å². The van der Waals surface area contributed by atoms with Crippen LogP contribution in [0.5, 0.6) is 0 Å². The molecule has 3 aromatic rings. The highest BCUT2D eigenvalue weighted by Crippen LogP contribution is 2.28. The Balaban J connectivity index is 1.64. The van der Waals surface area contributed by atoms with Gasteiger partial charge in [-0.15, -0.1) is 11.8 Å². The van der Waals surface area contributed by atoms with E-state index in [1.807, 2.05) is 54.6 Å². The minimum Gasteiger partial charge on any atom is -0.340 e. The van der Waals surface area contributed by atoms with Gasteiger partial charge in [0.15, 0.2) is 0 Å². The molecule has 0 bridgehead atoms. The molecule has 0 saturated carbocycles. The van der Waals surface area contributed by atoms with Crippen LogP contribution in [0, 0.1) is 0 Å². The van der Waals surface area contributed by atoms with Crippen molar-refractivity contribution in [1.29, 1.82) is 0 Å². The van der Waals surface area contributed by atoms with Gasteiger partial charge in [-0.05, 0) is 39.9 Å². The molecule has 0 aliphatic carbocycles. The standard InChI is InChI=1S/C24H26N2O2S/c1-16(2)18-8-10-20(11-9-18)24(25-17(3)27)29-15-23(28)26-22-13-12-19-6-4-5-7-21(19)14-22/h4-14,16,24H,15H2,1-3H3,(H,25,27)(H,26,28). The van der Waals surface area contributed by atoms with Gasteiger partial charge < -0.3 is 10.6 Å². The SMILES string of the molecule is CC(=O)NC(SCC(=O)Nc1ccc2ccccc2c1)c1ccc(C(C)C)cc1. The number of benzene rings is 3. The Hall–Kier alpha value is -2.79. The summed E-state index contributed by atoms with van der Waals surface area (Å²) in [6.45, 7) is 5.78. The number of fused-ring (bicyclic) bond motifs is 1. The van der Waals surface area contributed by atoms with Gasteiger partial charge in [-0.25, -0.2) is 0 Å². The van der Waals surface area contributed by atoms with Crippen molar-refractivity contribution in [2.24, 2.45) is 0 Å². The van der Waals surface area contributed by atoms with E-state index in [1.165, 1.54) is 24.2 Å². The number of anilines is 1. The molecule has 0 heterocycles. The van der Waals surface area contributed by atoms with Crippen LogP contribution < -0.4 is 10.6 Å². The van der Waals surface area contributed by atoms with E-state index in [4.69, 9.17) is 0 Å². The van der Waals surface area contributed by atoms with Crippen molar-refractivity contribution in [3.05, 3.63) is 77.9 Å². The maximum absolute atomic E-state index is 12.5. The van der Waals surface area contributed by atoms with Crippen LogP contribution in [-0.4, -0.2) is 17.6 Å². The molecule has 0 aromatic heterocycles. The summed E-state index contributed by atoms with van der Waals surface area (Å²) in [5, 5.41) is 7.83. The molecule has 2 N–H and O–H groups in total. The van der Waals surface area contributed by atoms with Crippen molar-refractivity contribution in [1.82, 2.24) is 5.32 Å². The van der Waals surface area contributed by atoms with E-state index in [-0.39, 0.29) is 22.9 Å². The number of rotatable bonds is 7. The van der Waals surface area contributed by atoms with Crippen LogP contribution in [0.25, 0.3) is 10.8 Å². The lowest BCUT2D eigenvalue weighted by Gasteiger charge is -2.18. The van der Waals surface area contributed by atoms with Gasteiger partial charge in [-0.3, -0.25) is 9.59 Å². The molecule has 0 aliphatic rings. The predicted molar refractivity (Wildman–Crippen MR) is 122 cm³/mol. The summed E-state index contributed by atoms with van der Waals surface area (Å²) in [6, 6.07) is 22.1. The van der Waals surface area contributed by atoms with Gasteiger partial charge in [0.25, 0.3) is 0 Å². The summed E-state index contributed by atoms with van der Waals surface area (Å²) in [5.41, 5.74) is 2.99. The van der Waals surface area contributed by atoms with Gasteiger partial charge in [0.2, 0.25) is 11.8 Å². The van der Waals surface area contributed by atoms with Gasteiger partial charge in [0.1, 0.15) is 5.37 Å². The molecule has 0 saturated heterocycles. The molecule has 5 heteroatoms. The molecule has 2 amide bonds. The zero-order valence-electron chi connectivity index (χ0n) is 16.9. The molecule has 0 spiro atoms. The van der Waals surface area contributed by atoms with Crippen molar-refractivity contribution >= 4 is 40.0 Å². The number of amides is 2. The first kappa shape index (κ1) is 20.9. The predicted octanol–water partition coefficient (Wildman–Crippen LogP) is 5.47. The van der Waals surface area contributed by atoms with Crippen LogP contribution in [0.4, 0.5) is 5.69 Å². The molecule has 150 valence electrons. The molecule has 3 aromatic carbocycles. The fraction of sp³-hybridized carbons (Fsp3) is 0.250. The van der Waals surface area contributed by atoms with Crippen LogP contribution in [0.2, 0.25) is 0 Å². The van der Waals surface area contributed by atoms with Crippen molar-refractivity contribution in [2.75, 3.05) is 11.1 Å². The Bertz CT molecular complexity index is 999. The molecule has 0 aliphatic heterocycles. The normalized spacial score (nSPS) is 12.0. The monoisotopic (exact) mass is 406 g/mol. The summed E-state index contributed by atoms with van der Waals surface area (Å²) >= 11 is 1.40. The van der Waals surface area contributed by atoms with Crippen molar-refractivity contribution in [2.45, 2.75) is 32.1 Å². The minimum absolute atomic E-state index is 0.0977. The van der Waals surface area contributed by atoms with Crippen molar-refractivity contribution < 1.29 is 9.59 Å². The van der Waals surface area contributed by atoms with E-state index >= 15 is 0 Å². The van der Waals surface area contributed by atoms with Crippen LogP contribution in [0.1, 0.15) is 43.2 Å². The quantitative estimate of drug-likeness (QED) is 0.512. The van der Waals surface area contributed by atoms with Crippen LogP contribution in [0.15, 0.2) is 66.7 Å². The number of hydrogen-bond donors (Lipinski definition) is 2. The van der Waals surface area contributed by atoms with Crippen LogP contribution in [0.3, 0.4) is 0 Å². The van der Waals surface area contributed by atoms with E-state index in [0.717, 1.165) is 22.0 Å². The number of nitrogens with one attached hydrogen (secondary N) is 2. The lowest BCUT2D eigenvalue weighted by molar-refractivity contribution is -0.119. The zero-order valence-corrected chi connectivity index (χ0v) is 17.8. The number of carbonyl (C=O) groups excluding carboxylic acids is 2. The van der Waals surface area contributed by atoms with Crippen molar-refractivity contribution in [3.8, 4) is 0 Å². The summed E-state index contributed by atoms with van der Waals surface area (Å²) in [5.74, 6) is 0.470. The first-order valence-corrected chi connectivity index (χ1v) is 10.7. The molecule has 0 fully saturated rings. The van der Waals surface area contributed by atoms with E-state index in [1.54, 1.807) is 0 Å². The molecule has 3 rings (SSSR count). The average molecular weight is 407 g/mol. The van der Waals surface area contributed by atoms with E-state index in [9.17, 15) is 9.59 Å². The lowest BCUT2D eigenvalue weighted by atomic mass is 10.0. The summed E-state index contributed by atoms with van der Waals surface area (Å²) in [7, 11) is 0. The first-order valence-electron chi connectivity index (χ1n) is 9.69. The Labute approximate surface area is 176 Å². The fourth-order valence-corrected chi connectivity index (χ4v) is 4.07. The molecule has 1 unspecified atom stereocenters. The minimum atomic E-state index is -0.268. The number of hydrogen-bond acceptors (Lipinski definition) is 3. The third-order valence-electron chi connectivity index (χ3n) is 4.65. The summed E-state index contributed by atoms with van der Waals surface area (Å²) in [4.78, 5) is 24.1. The smallest absolute Gasteiger partial charge is 0.234 e. The van der Waals surface area contributed by atoms with Gasteiger partial charge in [0.05, 0.1) is 5.75 Å². The van der Waals surface area contributed by atoms with Gasteiger partial charge in [0, 0.05) is 12.6 Å². The number of carbonyl (C=O) groups is 2. The average Bonchev–Trinajstić information content (AvgIpc) is 2.71. The lowest BCUT2D eigenvalue weighted by Crippen LogP contribution is -2.25.